The van der Waals surface area contributed by atoms with Gasteiger partial charge in [0.2, 0.25) is 88.6 Å². The predicted molar refractivity (Wildman–Crippen MR) is 307 cm³/mol. The summed E-state index contributed by atoms with van der Waals surface area (Å²) in [6.45, 7) is 6.19. The van der Waals surface area contributed by atoms with Crippen molar-refractivity contribution >= 4 is 101 Å². The second-order valence-electron chi connectivity index (χ2n) is 20.2. The molecule has 0 aromatic carbocycles. The molecule has 0 fully saturated rings. The van der Waals surface area contributed by atoms with Gasteiger partial charge in [-0.15, -0.1) is 0 Å². The summed E-state index contributed by atoms with van der Waals surface area (Å²) in [5.74, 6) is -15.4. The monoisotopic (exact) mass is 1240 g/mol. The van der Waals surface area contributed by atoms with Gasteiger partial charge in [0, 0.05) is 39.2 Å². The van der Waals surface area contributed by atoms with Crippen LogP contribution in [0.15, 0.2) is 4.99 Å². The molecule has 11 atom stereocenters. The predicted octanol–water partition coefficient (Wildman–Crippen LogP) is -9.90. The van der Waals surface area contributed by atoms with Crippen molar-refractivity contribution in [2.24, 2.45) is 50.9 Å². The molecule has 87 heavy (non-hydrogen) atoms. The molecule has 15 amide bonds. The quantitative estimate of drug-likeness (QED) is 0.0153. The molecule has 0 bridgehead atoms. The molecule has 0 unspecified atom stereocenters. The third-order valence-corrected chi connectivity index (χ3v) is 12.6. The van der Waals surface area contributed by atoms with Crippen molar-refractivity contribution in [1.29, 1.82) is 0 Å². The molecular formula is C50H88N20O17. The first kappa shape index (κ1) is 77.7. The normalized spacial score (nSPS) is 14.6. The summed E-state index contributed by atoms with van der Waals surface area (Å²) >= 11 is 0. The molecule has 0 radical (unpaired) electrons. The van der Waals surface area contributed by atoms with Gasteiger partial charge in [0.25, 0.3) is 0 Å². The van der Waals surface area contributed by atoms with E-state index in [2.05, 4.69) is 63.5 Å². The highest BCUT2D eigenvalue weighted by molar-refractivity contribution is 5.99. The number of carbonyl (C=O) groups excluding carboxylic acids is 15. The average Bonchev–Trinajstić information content (AvgIpc) is 3.64. The Balaban J connectivity index is 6.25. The maximum absolute atomic E-state index is 13.7. The van der Waals surface area contributed by atoms with E-state index < -0.39 is 187 Å². The molecule has 28 N–H and O–H groups in total. The van der Waals surface area contributed by atoms with Crippen LogP contribution in [-0.2, 0) is 76.7 Å². The summed E-state index contributed by atoms with van der Waals surface area (Å²) in [6, 6.07) is -15.8. The second-order valence-corrected chi connectivity index (χ2v) is 20.2. The third kappa shape index (κ3) is 33.1. The van der Waals surface area contributed by atoms with E-state index in [9.17, 15) is 81.8 Å². The van der Waals surface area contributed by atoms with Crippen molar-refractivity contribution in [2.45, 2.75) is 191 Å². The Hall–Kier alpha value is -9.29. The number of guanidine groups is 1. The number of amides is 15. The van der Waals surface area contributed by atoms with Crippen LogP contribution in [-0.4, -0.2) is 192 Å². The van der Waals surface area contributed by atoms with Gasteiger partial charge in [0.1, 0.15) is 66.5 Å². The van der Waals surface area contributed by atoms with Crippen LogP contribution in [0.3, 0.4) is 0 Å². The lowest BCUT2D eigenvalue weighted by molar-refractivity contribution is -0.139. The molecule has 0 aliphatic carbocycles. The van der Waals surface area contributed by atoms with Gasteiger partial charge in [-0.25, -0.2) is 0 Å². The highest BCUT2D eigenvalue weighted by atomic mass is 16.4. The molecular weight excluding hydrogens is 1150 g/mol. The number of nitrogens with zero attached hydrogens (tertiary/aromatic N) is 1. The Kier molecular flexibility index (Phi) is 36.5. The van der Waals surface area contributed by atoms with Gasteiger partial charge < -0.3 is 109 Å². The van der Waals surface area contributed by atoms with Gasteiger partial charge in [0.15, 0.2) is 5.96 Å². The number of hydrogen-bond donors (Lipinski definition) is 20. The first-order valence-electron chi connectivity index (χ1n) is 27.8. The average molecular weight is 1240 g/mol. The van der Waals surface area contributed by atoms with Crippen LogP contribution < -0.4 is 104 Å². The highest BCUT2D eigenvalue weighted by Crippen LogP contribution is 2.09. The van der Waals surface area contributed by atoms with E-state index in [1.165, 1.54) is 27.7 Å². The minimum atomic E-state index is -1.71. The van der Waals surface area contributed by atoms with Crippen molar-refractivity contribution in [3.05, 3.63) is 0 Å². The molecule has 37 heteroatoms. The summed E-state index contributed by atoms with van der Waals surface area (Å²) in [7, 11) is 0. The fraction of sp³-hybridized carbons (Fsp3) is 0.660. The number of hydrogen-bond acceptors (Lipinski definition) is 19. The molecule has 0 aliphatic rings. The van der Waals surface area contributed by atoms with E-state index in [0.717, 1.165) is 6.92 Å². The van der Waals surface area contributed by atoms with E-state index in [1.807, 2.05) is 0 Å². The van der Waals surface area contributed by atoms with Gasteiger partial charge in [-0.1, -0.05) is 0 Å². The van der Waals surface area contributed by atoms with Crippen LogP contribution in [0.4, 0.5) is 0 Å². The summed E-state index contributed by atoms with van der Waals surface area (Å²) in [5, 5.41) is 35.7. The molecule has 0 spiro atoms. The number of carboxylic acids is 1. The first-order chi connectivity index (χ1) is 40.6. The zero-order valence-electron chi connectivity index (χ0n) is 49.4. The Morgan fingerprint density at radius 2 is 0.598 bits per heavy atom. The summed E-state index contributed by atoms with van der Waals surface area (Å²) in [5.41, 5.74) is 43.1. The van der Waals surface area contributed by atoms with Crippen LogP contribution in [0.25, 0.3) is 0 Å². The van der Waals surface area contributed by atoms with Gasteiger partial charge in [0.05, 0.1) is 0 Å². The van der Waals surface area contributed by atoms with Gasteiger partial charge in [-0.3, -0.25) is 81.7 Å². The lowest BCUT2D eigenvalue weighted by atomic mass is 10.1. The number of nitrogens with one attached hydrogen (secondary N) is 11. The van der Waals surface area contributed by atoms with Crippen molar-refractivity contribution in [2.75, 3.05) is 19.6 Å². The minimum Gasteiger partial charge on any atom is -0.481 e. The zero-order chi connectivity index (χ0) is 66.7. The van der Waals surface area contributed by atoms with Gasteiger partial charge in [-0.05, 0) is 105 Å². The third-order valence-electron chi connectivity index (χ3n) is 12.6. The second kappa shape index (κ2) is 40.9. The Morgan fingerprint density at radius 3 is 0.874 bits per heavy atom. The Morgan fingerprint density at radius 1 is 0.345 bits per heavy atom. The summed E-state index contributed by atoms with van der Waals surface area (Å²) in [6.07, 6.45) is -3.23. The molecule has 0 saturated heterocycles. The lowest BCUT2D eigenvalue weighted by Gasteiger charge is -2.26. The number of aliphatic carboxylic acids is 1. The first-order valence-corrected chi connectivity index (χ1v) is 27.8. The fourth-order valence-corrected chi connectivity index (χ4v) is 7.67. The molecule has 0 rings (SSSR count). The van der Waals surface area contributed by atoms with Crippen molar-refractivity contribution in [3.8, 4) is 0 Å². The Bertz CT molecular complexity index is 2480. The van der Waals surface area contributed by atoms with E-state index >= 15 is 0 Å². The molecule has 0 aromatic rings. The standard InChI is InChI=1S/C50H88N20O17/c1-23(60-44(82)29(9-6-20-51)67-41(79)24(2)62-46(84)31(11-8-22-59-50(57)58)68-42(80)25(3)63-47(85)32(64-27(5)71)13-17-36(54)73)40(78)66-30(10-7-21-52)45(83)61-26(4)43(81)69-34(15-19-38(75)76)49(87)70-33(14-18-37(55)74)48(86)65-28(39(56)77)12-16-35(53)72/h23-26,28-34H,6-22,51-52H2,1-5H3,(H2,53,72)(H2,54,73)(H2,55,74)(H2,56,77)(H,60,82)(H,61,83)(H,62,84)(H,63,85)(H,64,71)(H,65,86)(H,66,78)(H,67,79)(H,68,80)(H,69,81)(H,70,87)(H,75,76)(H4,57,58,59)/t23-,24-,25-,26-,28-,29-,30-,31-,32-,33-,34-/m0/s1. The van der Waals surface area contributed by atoms with E-state index in [0.29, 0.717) is 0 Å². The van der Waals surface area contributed by atoms with E-state index in [-0.39, 0.29) is 89.8 Å². The topological polar surface area (TPSA) is 646 Å². The zero-order valence-corrected chi connectivity index (χ0v) is 49.4. The largest absolute Gasteiger partial charge is 0.481 e. The van der Waals surface area contributed by atoms with Crippen LogP contribution in [0.5, 0.6) is 0 Å². The van der Waals surface area contributed by atoms with Gasteiger partial charge in [-0.2, -0.15) is 0 Å². The van der Waals surface area contributed by atoms with Crippen molar-refractivity contribution in [3.63, 3.8) is 0 Å². The van der Waals surface area contributed by atoms with Crippen LogP contribution in [0, 0.1) is 0 Å². The number of aliphatic imine (C=N–C) groups is 1. The summed E-state index contributed by atoms with van der Waals surface area (Å²) < 4.78 is 0. The Labute approximate surface area is 501 Å². The SMILES string of the molecule is CC(=O)N[C@@H](CCC(N)=O)C(=O)N[C@@H](C)C(=O)N[C@@H](CCCN=C(N)N)C(=O)N[C@@H](C)C(=O)N[C@@H](CCCN)C(=O)N[C@@H](C)C(=O)N[C@@H](CCCN)C(=O)N[C@@H](C)C(=O)N[C@@H](CCC(=O)O)C(=O)N[C@@H](CCC(N)=O)C(=O)N[C@@H](CCC(N)=O)C(N)=O. The number of carbonyl (C=O) groups is 16. The molecule has 490 valence electrons. The molecule has 0 aromatic heterocycles. The molecule has 0 heterocycles. The molecule has 37 nitrogen and oxygen atoms in total. The number of primary amides is 4. The number of nitrogens with two attached hydrogens (primary N) is 8. The van der Waals surface area contributed by atoms with Crippen LogP contribution >= 0.6 is 0 Å². The van der Waals surface area contributed by atoms with E-state index in [1.54, 1.807) is 0 Å². The van der Waals surface area contributed by atoms with Gasteiger partial charge >= 0.3 is 5.97 Å². The molecule has 0 aliphatic heterocycles. The minimum absolute atomic E-state index is 0.0180. The summed E-state index contributed by atoms with van der Waals surface area (Å²) in [4.78, 5) is 208. The fourth-order valence-electron chi connectivity index (χ4n) is 7.67. The number of rotatable bonds is 44. The maximum atomic E-state index is 13.7. The van der Waals surface area contributed by atoms with Crippen molar-refractivity contribution < 1.29 is 81.8 Å². The smallest absolute Gasteiger partial charge is 0.303 e. The lowest BCUT2D eigenvalue weighted by Crippen LogP contribution is -2.60. The van der Waals surface area contributed by atoms with E-state index in [4.69, 9.17) is 45.9 Å². The van der Waals surface area contributed by atoms with Crippen molar-refractivity contribution in [1.82, 2.24) is 58.5 Å². The van der Waals surface area contributed by atoms with Crippen LogP contribution in [0.1, 0.15) is 125 Å². The maximum Gasteiger partial charge on any atom is 0.303 e. The molecule has 0 saturated carbocycles. The number of carboxylic acid groups (broad SMARTS) is 1. The highest BCUT2D eigenvalue weighted by Gasteiger charge is 2.34. The van der Waals surface area contributed by atoms with Crippen LogP contribution in [0.2, 0.25) is 0 Å².